The summed E-state index contributed by atoms with van der Waals surface area (Å²) >= 11 is 0. The van der Waals surface area contributed by atoms with Gasteiger partial charge in [0, 0.05) is 39.0 Å². The van der Waals surface area contributed by atoms with Crippen LogP contribution in [-0.4, -0.2) is 39.3 Å². The van der Waals surface area contributed by atoms with E-state index in [1.165, 1.54) is 0 Å². The van der Waals surface area contributed by atoms with Crippen LogP contribution in [0, 0.1) is 64.8 Å². The Balaban J connectivity index is -0.0000000571. The monoisotopic (exact) mass is 589 g/mol. The molecule has 1 aromatic rings. The van der Waals surface area contributed by atoms with E-state index in [-0.39, 0.29) is 98.4 Å². The minimum absolute atomic E-state index is 0. The molecule has 7 heteroatoms. The zero-order valence-electron chi connectivity index (χ0n) is 19.8. The van der Waals surface area contributed by atoms with Gasteiger partial charge in [-0.05, 0) is 17.5 Å². The number of hydrogen-bond acceptors (Lipinski definition) is 4. The Hall–Kier alpha value is -0.473. The molecule has 2 amide bonds. The average Bonchev–Trinajstić information content (AvgIpc) is 2.53. The van der Waals surface area contributed by atoms with Crippen molar-refractivity contribution in [2.75, 3.05) is 0 Å². The smallest absolute Gasteiger partial charge is 0.262 e. The maximum absolute atomic E-state index is 12.3. The van der Waals surface area contributed by atoms with Gasteiger partial charge < -0.3 is 69.6 Å². The molecule has 0 saturated carbocycles. The largest absolute Gasteiger partial charge is 0.366 e. The molecule has 1 aliphatic rings. The molecule has 29 heavy (non-hydrogen) atoms. The third-order valence-electron chi connectivity index (χ3n) is 3.27. The van der Waals surface area contributed by atoms with E-state index in [0.29, 0.717) is 11.1 Å². The van der Waals surface area contributed by atoms with Crippen LogP contribution in [0.4, 0.5) is 0 Å². The number of carbonyl (C=O) groups excluding carboxylic acids is 2. The normalized spacial score (nSPS) is 11.2. The molecule has 2 rings (SSSR count). The first kappa shape index (κ1) is 56.7. The Morgan fingerprint density at radius 1 is 0.724 bits per heavy atom. The van der Waals surface area contributed by atoms with Gasteiger partial charge in [0.1, 0.15) is 0 Å². The van der Waals surface area contributed by atoms with Crippen molar-refractivity contribution in [3.05, 3.63) is 94.8 Å². The van der Waals surface area contributed by atoms with Gasteiger partial charge in [0.2, 0.25) is 0 Å². The fourth-order valence-electron chi connectivity index (χ4n) is 2.43. The summed E-state index contributed by atoms with van der Waals surface area (Å²) in [5.41, 5.74) is -0.0218. The molecule has 1 aromatic carbocycles. The van der Waals surface area contributed by atoms with Crippen LogP contribution in [-0.2, 0) is 39.0 Å². The second-order valence-electron chi connectivity index (χ2n) is 5.75. The number of nitrogens with zero attached hydrogens (tertiary/aromatic N) is 1. The van der Waals surface area contributed by atoms with Gasteiger partial charge in [-0.25, -0.2) is 0 Å². The Kier molecular flexibility index (Phi) is 40.6. The third-order valence-corrected chi connectivity index (χ3v) is 3.27. The molecule has 2 radical (unpaired) electrons. The first-order chi connectivity index (χ1) is 8.75. The summed E-state index contributed by atoms with van der Waals surface area (Å²) in [6.45, 7) is 5.25. The molecule has 1 atom stereocenters. The quantitative estimate of drug-likeness (QED) is 0.229. The predicted molar refractivity (Wildman–Crippen MR) is 120 cm³/mol. The summed E-state index contributed by atoms with van der Waals surface area (Å²) in [6.07, 6.45) is -1.78. The number of benzene rings is 1. The van der Waals surface area contributed by atoms with Gasteiger partial charge in [-0.3, -0.25) is 14.5 Å². The van der Waals surface area contributed by atoms with E-state index in [9.17, 15) is 19.8 Å². The number of rotatable bonds is 2. The van der Waals surface area contributed by atoms with Gasteiger partial charge in [-0.1, -0.05) is 32.9 Å². The summed E-state index contributed by atoms with van der Waals surface area (Å²) in [5.74, 6) is -0.956. The van der Waals surface area contributed by atoms with Crippen molar-refractivity contribution >= 4 is 11.8 Å². The van der Waals surface area contributed by atoms with E-state index < -0.39 is 29.6 Å². The van der Waals surface area contributed by atoms with Crippen molar-refractivity contribution < 1.29 is 58.8 Å². The van der Waals surface area contributed by atoms with Crippen LogP contribution in [0.25, 0.3) is 0 Å². The van der Waals surface area contributed by atoms with E-state index in [1.54, 1.807) is 45.0 Å². The van der Waals surface area contributed by atoms with Crippen molar-refractivity contribution in [3.8, 4) is 0 Å². The molecule has 5 nitrogen and oxygen atoms in total. The number of aliphatic hydroxyl groups is 2. The SMILES string of the molecule is CC(C)(C)[C@@H](C(O)O)N1C(=O)c2ccccc2C1=O.[CH3-].[CH3-].[CH3-].[CH3-].[CH3-].[CH3-].[CH3-].[CH3-].[Rh].[Rh]. The van der Waals surface area contributed by atoms with Gasteiger partial charge in [0.15, 0.2) is 6.29 Å². The van der Waals surface area contributed by atoms with Crippen LogP contribution in [0.15, 0.2) is 24.3 Å². The minimum Gasteiger partial charge on any atom is -0.366 e. The predicted octanol–water partition coefficient (Wildman–Crippen LogP) is 4.61. The number of fused-ring (bicyclic) bond motifs is 1. The second kappa shape index (κ2) is 20.8. The van der Waals surface area contributed by atoms with Gasteiger partial charge in [0.25, 0.3) is 11.8 Å². The molecule has 1 aliphatic heterocycles. The molecule has 0 aromatic heterocycles. The zero-order chi connectivity index (χ0) is 14.4. The number of amides is 2. The number of aliphatic hydroxyl groups excluding tert-OH is 1. The molecule has 2 N–H and O–H groups in total. The van der Waals surface area contributed by atoms with E-state index in [2.05, 4.69) is 0 Å². The first-order valence-corrected chi connectivity index (χ1v) is 6.08. The van der Waals surface area contributed by atoms with Crippen molar-refractivity contribution in [3.63, 3.8) is 0 Å². The summed E-state index contributed by atoms with van der Waals surface area (Å²) in [6, 6.07) is 5.50. The third kappa shape index (κ3) is 10.9. The van der Waals surface area contributed by atoms with Crippen LogP contribution in [0.1, 0.15) is 41.5 Å². The van der Waals surface area contributed by atoms with E-state index >= 15 is 0 Å². The molecule has 184 valence electrons. The van der Waals surface area contributed by atoms with Gasteiger partial charge in [-0.2, -0.15) is 0 Å². The average molecular weight is 589 g/mol. The molecule has 0 spiro atoms. The molecular formula is C22H41NO4Rh2-8. The Morgan fingerprint density at radius 2 is 1.00 bits per heavy atom. The summed E-state index contributed by atoms with van der Waals surface area (Å²) in [7, 11) is 0. The van der Waals surface area contributed by atoms with Crippen LogP contribution < -0.4 is 0 Å². The van der Waals surface area contributed by atoms with Crippen LogP contribution in [0.3, 0.4) is 0 Å². The van der Waals surface area contributed by atoms with E-state index in [1.807, 2.05) is 0 Å². The molecule has 0 aliphatic carbocycles. The molecule has 0 bridgehead atoms. The Bertz CT molecular complexity index is 509. The molecular weight excluding hydrogens is 548 g/mol. The summed E-state index contributed by atoms with van der Waals surface area (Å²) in [4.78, 5) is 25.5. The fraction of sp³-hybridized carbons (Fsp3) is 0.273. The molecule has 0 unspecified atom stereocenters. The van der Waals surface area contributed by atoms with Crippen molar-refractivity contribution in [2.24, 2.45) is 5.41 Å². The summed E-state index contributed by atoms with van der Waals surface area (Å²) < 4.78 is 0. The molecule has 0 saturated heterocycles. The summed E-state index contributed by atoms with van der Waals surface area (Å²) in [5, 5.41) is 19.1. The first-order valence-electron chi connectivity index (χ1n) is 6.08. The zero-order valence-corrected chi connectivity index (χ0v) is 23.1. The number of carbonyl (C=O) groups is 2. The van der Waals surface area contributed by atoms with Crippen LogP contribution >= 0.6 is 0 Å². The van der Waals surface area contributed by atoms with Crippen molar-refractivity contribution in [2.45, 2.75) is 33.1 Å². The van der Waals surface area contributed by atoms with E-state index in [0.717, 1.165) is 4.90 Å². The standard InChI is InChI=1S/C14H17NO4.8CH3.2Rh/c1-14(2,3)10(13(18)19)15-11(16)8-6-4-5-7-9(8)12(15)17;;;;;;;;;;/h4-7,10,13,18-19H,1-3H3;8*1H3;;/q;8*-1;;/t10-;;;;;;;;;;/m1........../s1. The fourth-order valence-corrected chi connectivity index (χ4v) is 2.43. The van der Waals surface area contributed by atoms with Gasteiger partial charge in [0.05, 0.1) is 17.2 Å². The van der Waals surface area contributed by atoms with Crippen molar-refractivity contribution in [1.82, 2.24) is 4.90 Å². The van der Waals surface area contributed by atoms with Crippen LogP contribution in [0.5, 0.6) is 0 Å². The maximum Gasteiger partial charge on any atom is 0.262 e. The van der Waals surface area contributed by atoms with Gasteiger partial charge >= 0.3 is 0 Å². The maximum atomic E-state index is 12.3. The number of hydrogen-bond donors (Lipinski definition) is 2. The second-order valence-corrected chi connectivity index (χ2v) is 5.75. The molecule has 0 fully saturated rings. The Labute approximate surface area is 208 Å². The van der Waals surface area contributed by atoms with Crippen molar-refractivity contribution in [1.29, 1.82) is 0 Å². The minimum atomic E-state index is -1.78. The number of imide groups is 1. The topological polar surface area (TPSA) is 77.8 Å². The van der Waals surface area contributed by atoms with Gasteiger partial charge in [-0.15, -0.1) is 0 Å². The van der Waals surface area contributed by atoms with E-state index in [4.69, 9.17) is 0 Å². The molecule has 1 heterocycles. The van der Waals surface area contributed by atoms with Crippen LogP contribution in [0.2, 0.25) is 0 Å². The Morgan fingerprint density at radius 3 is 1.21 bits per heavy atom.